The van der Waals surface area contributed by atoms with E-state index >= 15 is 0 Å². The molecule has 6 nitrogen and oxygen atoms in total. The molecule has 6 heteroatoms. The van der Waals surface area contributed by atoms with Crippen LogP contribution in [0.2, 0.25) is 0 Å². The summed E-state index contributed by atoms with van der Waals surface area (Å²) in [6.07, 6.45) is 4.25. The van der Waals surface area contributed by atoms with Gasteiger partial charge in [-0.2, -0.15) is 0 Å². The van der Waals surface area contributed by atoms with Crippen LogP contribution in [0.4, 0.5) is 0 Å². The van der Waals surface area contributed by atoms with Gasteiger partial charge in [-0.25, -0.2) is 0 Å². The van der Waals surface area contributed by atoms with Crippen molar-refractivity contribution >= 4 is 18.0 Å². The lowest BCUT2D eigenvalue weighted by molar-refractivity contribution is -0.137. The van der Waals surface area contributed by atoms with Gasteiger partial charge in [0.2, 0.25) is 0 Å². The molecule has 1 rings (SSSR count). The minimum Gasteiger partial charge on any atom is -0.493 e. The van der Waals surface area contributed by atoms with E-state index in [9.17, 15) is 9.59 Å². The highest BCUT2D eigenvalue weighted by Gasteiger charge is 2.11. The van der Waals surface area contributed by atoms with Crippen molar-refractivity contribution in [2.24, 2.45) is 0 Å². The molecule has 2 N–H and O–H groups in total. The maximum Gasteiger partial charge on any atom is 0.303 e. The van der Waals surface area contributed by atoms with E-state index in [0.29, 0.717) is 17.9 Å². The summed E-state index contributed by atoms with van der Waals surface area (Å²) in [7, 11) is 1.54. The lowest BCUT2D eigenvalue weighted by atomic mass is 10.2. The van der Waals surface area contributed by atoms with Crippen LogP contribution >= 0.6 is 0 Å². The molecule has 0 aliphatic heterocycles. The van der Waals surface area contributed by atoms with Crippen molar-refractivity contribution in [1.29, 1.82) is 0 Å². The van der Waals surface area contributed by atoms with Crippen molar-refractivity contribution in [3.63, 3.8) is 0 Å². The highest BCUT2D eigenvalue weighted by Crippen LogP contribution is 2.28. The zero-order valence-electron chi connectivity index (χ0n) is 13.7. The number of rotatable bonds is 9. The summed E-state index contributed by atoms with van der Waals surface area (Å²) in [5, 5.41) is 11.3. The molecular formula is C17H23NO5. The van der Waals surface area contributed by atoms with Crippen LogP contribution in [-0.2, 0) is 9.59 Å². The zero-order valence-corrected chi connectivity index (χ0v) is 13.7. The number of nitrogens with one attached hydrogen (secondary N) is 1. The topological polar surface area (TPSA) is 84.9 Å². The Balaban J connectivity index is 2.53. The molecule has 1 atom stereocenters. The van der Waals surface area contributed by atoms with Crippen LogP contribution in [0.3, 0.4) is 0 Å². The van der Waals surface area contributed by atoms with Crippen molar-refractivity contribution in [3.05, 3.63) is 29.8 Å². The lowest BCUT2D eigenvalue weighted by Gasteiger charge is -2.14. The number of benzene rings is 1. The monoisotopic (exact) mass is 321 g/mol. The normalized spacial score (nSPS) is 12.0. The molecule has 0 radical (unpaired) electrons. The molecule has 1 amide bonds. The number of ether oxygens (including phenoxy) is 2. The largest absolute Gasteiger partial charge is 0.493 e. The van der Waals surface area contributed by atoms with Crippen LogP contribution in [-0.4, -0.2) is 36.7 Å². The number of hydrogen-bond donors (Lipinski definition) is 2. The molecule has 1 aromatic rings. The Kier molecular flexibility index (Phi) is 7.66. The van der Waals surface area contributed by atoms with Gasteiger partial charge in [-0.15, -0.1) is 0 Å². The Bertz CT molecular complexity index is 568. The molecule has 0 spiro atoms. The van der Waals surface area contributed by atoms with Crippen molar-refractivity contribution in [3.8, 4) is 11.5 Å². The Morgan fingerprint density at radius 1 is 1.35 bits per heavy atom. The van der Waals surface area contributed by atoms with E-state index in [1.807, 2.05) is 31.2 Å². The van der Waals surface area contributed by atoms with Gasteiger partial charge >= 0.3 is 5.97 Å². The van der Waals surface area contributed by atoms with E-state index in [-0.39, 0.29) is 25.0 Å². The van der Waals surface area contributed by atoms with Gasteiger partial charge in [0.15, 0.2) is 18.1 Å². The predicted molar refractivity (Wildman–Crippen MR) is 87.7 cm³/mol. The Morgan fingerprint density at radius 2 is 2.09 bits per heavy atom. The number of amides is 1. The average Bonchev–Trinajstić information content (AvgIpc) is 2.51. The van der Waals surface area contributed by atoms with Gasteiger partial charge in [0, 0.05) is 12.5 Å². The maximum absolute atomic E-state index is 11.8. The van der Waals surface area contributed by atoms with Crippen molar-refractivity contribution in [2.75, 3.05) is 13.7 Å². The standard InChI is InChI=1S/C17H23NO5/c1-4-5-13-7-8-14(15(10-13)22-3)23-11-16(19)18-12(2)6-9-17(20)21/h4-5,7-8,10,12H,6,9,11H2,1-3H3,(H,18,19)(H,20,21)/b5-4+. The summed E-state index contributed by atoms with van der Waals surface area (Å²) in [5.74, 6) is -0.155. The van der Waals surface area contributed by atoms with Crippen LogP contribution in [0, 0.1) is 0 Å². The van der Waals surface area contributed by atoms with Gasteiger partial charge in [0.25, 0.3) is 5.91 Å². The fraction of sp³-hybridized carbons (Fsp3) is 0.412. The number of carbonyl (C=O) groups excluding carboxylic acids is 1. The van der Waals surface area contributed by atoms with Gasteiger partial charge in [-0.1, -0.05) is 18.2 Å². The number of allylic oxidation sites excluding steroid dienone is 1. The Hall–Kier alpha value is -2.50. The van der Waals surface area contributed by atoms with Crippen LogP contribution in [0.5, 0.6) is 11.5 Å². The van der Waals surface area contributed by atoms with E-state index in [1.54, 1.807) is 13.0 Å². The first-order chi connectivity index (χ1) is 11.0. The molecule has 0 aliphatic carbocycles. The second-order valence-corrected chi connectivity index (χ2v) is 5.10. The highest BCUT2D eigenvalue weighted by atomic mass is 16.5. The first-order valence-corrected chi connectivity index (χ1v) is 7.41. The van der Waals surface area contributed by atoms with Gasteiger partial charge in [-0.05, 0) is 38.0 Å². The second kappa shape index (κ2) is 9.50. The van der Waals surface area contributed by atoms with Crippen molar-refractivity contribution in [2.45, 2.75) is 32.7 Å². The van der Waals surface area contributed by atoms with Gasteiger partial charge in [0.05, 0.1) is 7.11 Å². The highest BCUT2D eigenvalue weighted by molar-refractivity contribution is 5.78. The van der Waals surface area contributed by atoms with Crippen molar-refractivity contribution in [1.82, 2.24) is 5.32 Å². The first kappa shape index (κ1) is 18.5. The van der Waals surface area contributed by atoms with Crippen LogP contribution in [0.1, 0.15) is 32.3 Å². The molecule has 1 aromatic carbocycles. The summed E-state index contributed by atoms with van der Waals surface area (Å²) >= 11 is 0. The number of aliphatic carboxylic acids is 1. The third kappa shape index (κ3) is 6.86. The quantitative estimate of drug-likeness (QED) is 0.730. The molecule has 0 saturated heterocycles. The number of hydrogen-bond acceptors (Lipinski definition) is 4. The molecule has 0 bridgehead atoms. The predicted octanol–water partition coefficient (Wildman–Crippen LogP) is 2.48. The maximum atomic E-state index is 11.8. The SMILES string of the molecule is C/C=C/c1ccc(OCC(=O)NC(C)CCC(=O)O)c(OC)c1. The fourth-order valence-electron chi connectivity index (χ4n) is 1.97. The number of carboxylic acids is 1. The van der Waals surface area contributed by atoms with Crippen LogP contribution in [0.25, 0.3) is 6.08 Å². The third-order valence-corrected chi connectivity index (χ3v) is 3.10. The summed E-state index contributed by atoms with van der Waals surface area (Å²) < 4.78 is 10.7. The minimum atomic E-state index is -0.881. The molecule has 0 heterocycles. The molecule has 0 fully saturated rings. The summed E-state index contributed by atoms with van der Waals surface area (Å²) in [6.45, 7) is 3.52. The van der Waals surface area contributed by atoms with E-state index < -0.39 is 5.97 Å². The molecule has 0 saturated carbocycles. The minimum absolute atomic E-state index is 0.0164. The summed E-state index contributed by atoms with van der Waals surface area (Å²) in [6, 6.07) is 5.21. The molecular weight excluding hydrogens is 298 g/mol. The molecule has 0 aliphatic rings. The Morgan fingerprint density at radius 3 is 2.70 bits per heavy atom. The van der Waals surface area contributed by atoms with E-state index in [1.165, 1.54) is 7.11 Å². The van der Waals surface area contributed by atoms with Gasteiger partial charge < -0.3 is 19.9 Å². The molecule has 1 unspecified atom stereocenters. The Labute approximate surface area is 136 Å². The molecule has 23 heavy (non-hydrogen) atoms. The van der Waals surface area contributed by atoms with Crippen LogP contribution < -0.4 is 14.8 Å². The average molecular weight is 321 g/mol. The van der Waals surface area contributed by atoms with E-state index in [0.717, 1.165) is 5.56 Å². The first-order valence-electron chi connectivity index (χ1n) is 7.41. The summed E-state index contributed by atoms with van der Waals surface area (Å²) in [5.41, 5.74) is 0.975. The van der Waals surface area contributed by atoms with Crippen LogP contribution in [0.15, 0.2) is 24.3 Å². The number of methoxy groups -OCH3 is 1. The zero-order chi connectivity index (χ0) is 17.2. The number of carboxylic acid groups (broad SMARTS) is 1. The smallest absolute Gasteiger partial charge is 0.303 e. The van der Waals surface area contributed by atoms with Gasteiger partial charge in [-0.3, -0.25) is 9.59 Å². The number of carbonyl (C=O) groups is 2. The molecule has 0 aromatic heterocycles. The van der Waals surface area contributed by atoms with E-state index in [4.69, 9.17) is 14.6 Å². The summed E-state index contributed by atoms with van der Waals surface area (Å²) in [4.78, 5) is 22.3. The molecule has 126 valence electrons. The third-order valence-electron chi connectivity index (χ3n) is 3.10. The lowest BCUT2D eigenvalue weighted by Crippen LogP contribution is -2.36. The van der Waals surface area contributed by atoms with Gasteiger partial charge in [0.1, 0.15) is 0 Å². The second-order valence-electron chi connectivity index (χ2n) is 5.10. The van der Waals surface area contributed by atoms with Crippen molar-refractivity contribution < 1.29 is 24.2 Å². The fourth-order valence-corrected chi connectivity index (χ4v) is 1.97. The van der Waals surface area contributed by atoms with E-state index in [2.05, 4.69) is 5.32 Å².